The standard InChI is InChI=1S/C27H24N4O6/c1-3-31-12-14(25(35)36)22(32)19-17(31)10-9-15-20(19)27(26(37)28-15)21-18(23(33)30(2)24(21)34)16(29-27)11-13-7-5-4-6-8-13/h4-10,12,16,18,21,29H,3,11H2,1-2H3,(H,28,37)(H,35,36). The fourth-order valence-corrected chi connectivity index (χ4v) is 6.39. The number of hydrogen-bond donors (Lipinski definition) is 3. The first-order chi connectivity index (χ1) is 17.7. The van der Waals surface area contributed by atoms with Crippen LogP contribution >= 0.6 is 0 Å². The van der Waals surface area contributed by atoms with E-state index in [1.54, 1.807) is 16.7 Å². The summed E-state index contributed by atoms with van der Waals surface area (Å²) in [6.45, 7) is 2.19. The maximum Gasteiger partial charge on any atom is 0.341 e. The number of amides is 3. The Morgan fingerprint density at radius 3 is 2.46 bits per heavy atom. The van der Waals surface area contributed by atoms with Crippen LogP contribution in [0.3, 0.4) is 0 Å². The van der Waals surface area contributed by atoms with E-state index in [0.29, 0.717) is 24.2 Å². The molecule has 0 aliphatic carbocycles. The summed E-state index contributed by atoms with van der Waals surface area (Å²) in [6.07, 6.45) is 1.67. The van der Waals surface area contributed by atoms with Crippen LogP contribution in [0.25, 0.3) is 10.9 Å². The molecule has 10 heteroatoms. The second-order valence-electron chi connectivity index (χ2n) is 9.79. The highest BCUT2D eigenvalue weighted by Crippen LogP contribution is 2.54. The first-order valence-corrected chi connectivity index (χ1v) is 12.1. The molecule has 6 rings (SSSR count). The van der Waals surface area contributed by atoms with Crippen molar-refractivity contribution in [2.75, 3.05) is 12.4 Å². The summed E-state index contributed by atoms with van der Waals surface area (Å²) in [4.78, 5) is 67.3. The van der Waals surface area contributed by atoms with E-state index in [0.717, 1.165) is 10.5 Å². The molecule has 4 unspecified atom stereocenters. The number of pyridine rings is 1. The van der Waals surface area contributed by atoms with Gasteiger partial charge in [-0.15, -0.1) is 0 Å². The minimum absolute atomic E-state index is 0.0546. The zero-order chi connectivity index (χ0) is 26.2. The van der Waals surface area contributed by atoms with Crippen LogP contribution in [-0.2, 0) is 32.9 Å². The van der Waals surface area contributed by atoms with E-state index in [2.05, 4.69) is 10.6 Å². The van der Waals surface area contributed by atoms with Crippen LogP contribution in [0.4, 0.5) is 5.69 Å². The fraction of sp³-hybridized carbons (Fsp3) is 0.296. The van der Waals surface area contributed by atoms with Gasteiger partial charge in [0.15, 0.2) is 0 Å². The molecule has 4 atom stereocenters. The maximum atomic E-state index is 13.8. The van der Waals surface area contributed by atoms with Gasteiger partial charge in [0.25, 0.3) is 0 Å². The molecule has 0 bridgehead atoms. The monoisotopic (exact) mass is 500 g/mol. The Balaban J connectivity index is 1.65. The van der Waals surface area contributed by atoms with Crippen molar-refractivity contribution in [1.82, 2.24) is 14.8 Å². The van der Waals surface area contributed by atoms with Gasteiger partial charge in [-0.25, -0.2) is 4.79 Å². The lowest BCUT2D eigenvalue weighted by Crippen LogP contribution is -2.53. The topological polar surface area (TPSA) is 138 Å². The van der Waals surface area contributed by atoms with Crippen molar-refractivity contribution < 1.29 is 24.3 Å². The summed E-state index contributed by atoms with van der Waals surface area (Å²) in [7, 11) is 1.40. The largest absolute Gasteiger partial charge is 0.477 e. The molecule has 2 saturated heterocycles. The minimum Gasteiger partial charge on any atom is -0.477 e. The zero-order valence-electron chi connectivity index (χ0n) is 20.1. The molecule has 4 heterocycles. The molecule has 2 aromatic carbocycles. The molecule has 3 amide bonds. The lowest BCUT2D eigenvalue weighted by molar-refractivity contribution is -0.141. The molecule has 3 N–H and O–H groups in total. The van der Waals surface area contributed by atoms with Crippen molar-refractivity contribution >= 4 is 40.3 Å². The van der Waals surface area contributed by atoms with Crippen molar-refractivity contribution in [3.05, 3.63) is 75.6 Å². The Bertz CT molecular complexity index is 1600. The van der Waals surface area contributed by atoms with Crippen LogP contribution in [-0.4, -0.2) is 51.4 Å². The van der Waals surface area contributed by atoms with Crippen LogP contribution in [0.5, 0.6) is 0 Å². The molecule has 3 aliphatic heterocycles. The molecule has 2 fully saturated rings. The Morgan fingerprint density at radius 1 is 1.05 bits per heavy atom. The van der Waals surface area contributed by atoms with Gasteiger partial charge in [-0.3, -0.25) is 29.4 Å². The number of likely N-dealkylation sites (tertiary alicyclic amines) is 1. The number of aromatic carboxylic acids is 1. The molecule has 188 valence electrons. The second-order valence-corrected chi connectivity index (χ2v) is 9.79. The normalized spacial score (nSPS) is 26.2. The number of carboxylic acid groups (broad SMARTS) is 1. The molecule has 1 aromatic heterocycles. The molecule has 3 aliphatic rings. The average Bonchev–Trinajstić information content (AvgIpc) is 3.45. The van der Waals surface area contributed by atoms with E-state index in [1.807, 2.05) is 37.3 Å². The van der Waals surface area contributed by atoms with Crippen molar-refractivity contribution in [1.29, 1.82) is 0 Å². The van der Waals surface area contributed by atoms with Gasteiger partial charge >= 0.3 is 5.97 Å². The predicted molar refractivity (Wildman–Crippen MR) is 133 cm³/mol. The van der Waals surface area contributed by atoms with Crippen LogP contribution in [0, 0.1) is 11.8 Å². The van der Waals surface area contributed by atoms with Crippen molar-refractivity contribution in [2.45, 2.75) is 31.5 Å². The quantitative estimate of drug-likeness (QED) is 0.459. The number of fused-ring (bicyclic) bond motifs is 6. The summed E-state index contributed by atoms with van der Waals surface area (Å²) < 4.78 is 1.64. The zero-order valence-corrected chi connectivity index (χ0v) is 20.1. The summed E-state index contributed by atoms with van der Waals surface area (Å²) in [5, 5.41) is 15.9. The van der Waals surface area contributed by atoms with Gasteiger partial charge in [0.05, 0.1) is 22.7 Å². The number of carbonyl (C=O) groups is 4. The third-order valence-electron chi connectivity index (χ3n) is 8.00. The lowest BCUT2D eigenvalue weighted by Gasteiger charge is -2.30. The van der Waals surface area contributed by atoms with Crippen molar-refractivity contribution in [3.8, 4) is 0 Å². The number of benzene rings is 2. The predicted octanol–water partition coefficient (Wildman–Crippen LogP) is 1.31. The van der Waals surface area contributed by atoms with E-state index in [4.69, 9.17) is 0 Å². The summed E-state index contributed by atoms with van der Waals surface area (Å²) >= 11 is 0. The van der Waals surface area contributed by atoms with E-state index in [1.165, 1.54) is 13.2 Å². The third-order valence-corrected chi connectivity index (χ3v) is 8.00. The van der Waals surface area contributed by atoms with Crippen LogP contribution in [0.15, 0.2) is 53.5 Å². The number of anilines is 1. The van der Waals surface area contributed by atoms with Gasteiger partial charge in [0.2, 0.25) is 23.2 Å². The Labute approximate surface area is 210 Å². The highest BCUT2D eigenvalue weighted by Gasteiger charge is 2.70. The first kappa shape index (κ1) is 23.1. The van der Waals surface area contributed by atoms with Gasteiger partial charge in [-0.2, -0.15) is 0 Å². The van der Waals surface area contributed by atoms with Gasteiger partial charge in [-0.1, -0.05) is 30.3 Å². The van der Waals surface area contributed by atoms with Gasteiger partial charge < -0.3 is 15.0 Å². The number of hydrogen-bond acceptors (Lipinski definition) is 6. The number of nitrogens with one attached hydrogen (secondary N) is 2. The maximum absolute atomic E-state index is 13.8. The molecule has 0 saturated carbocycles. The van der Waals surface area contributed by atoms with Crippen LogP contribution < -0.4 is 16.1 Å². The van der Waals surface area contributed by atoms with E-state index in [9.17, 15) is 29.1 Å². The molecular formula is C27H24N4O6. The fourth-order valence-electron chi connectivity index (χ4n) is 6.39. The van der Waals surface area contributed by atoms with Crippen LogP contribution in [0.2, 0.25) is 0 Å². The molecule has 0 radical (unpaired) electrons. The number of carboxylic acids is 1. The molecule has 1 spiro atoms. The smallest absolute Gasteiger partial charge is 0.341 e. The van der Waals surface area contributed by atoms with Gasteiger partial charge in [0.1, 0.15) is 11.1 Å². The Kier molecular flexibility index (Phi) is 4.90. The molecular weight excluding hydrogens is 476 g/mol. The van der Waals surface area contributed by atoms with E-state index < -0.39 is 52.2 Å². The molecule has 10 nitrogen and oxygen atoms in total. The molecule has 3 aromatic rings. The summed E-state index contributed by atoms with van der Waals surface area (Å²) in [5.41, 5.74) is -0.967. The van der Waals surface area contributed by atoms with E-state index >= 15 is 0 Å². The lowest BCUT2D eigenvalue weighted by atomic mass is 9.75. The minimum atomic E-state index is -1.71. The van der Waals surface area contributed by atoms with E-state index in [-0.39, 0.29) is 16.9 Å². The Hall–Kier alpha value is -4.31. The number of carbonyl (C=O) groups excluding carboxylic acids is 3. The number of aryl methyl sites for hydroxylation is 1. The van der Waals surface area contributed by atoms with Gasteiger partial charge in [-0.05, 0) is 31.0 Å². The van der Waals surface area contributed by atoms with Crippen molar-refractivity contribution in [2.24, 2.45) is 11.8 Å². The molecule has 37 heavy (non-hydrogen) atoms. The number of nitrogens with zero attached hydrogens (tertiary/aromatic N) is 2. The summed E-state index contributed by atoms with van der Waals surface area (Å²) in [5.74, 6) is -4.75. The number of aromatic nitrogens is 1. The van der Waals surface area contributed by atoms with Gasteiger partial charge in [0, 0.05) is 37.1 Å². The summed E-state index contributed by atoms with van der Waals surface area (Å²) in [6, 6.07) is 12.2. The number of imide groups is 1. The van der Waals surface area contributed by atoms with Crippen LogP contribution in [0.1, 0.15) is 28.4 Å². The Morgan fingerprint density at radius 2 is 1.78 bits per heavy atom. The average molecular weight is 501 g/mol. The van der Waals surface area contributed by atoms with Crippen molar-refractivity contribution in [3.63, 3.8) is 0 Å². The number of rotatable bonds is 4. The second kappa shape index (κ2) is 7.84. The third kappa shape index (κ3) is 2.93. The SMILES string of the molecule is CCn1cc(C(=O)O)c(=O)c2c3c(ccc21)NC(=O)C31NC(Cc2ccccc2)C2C(=O)N(C)C(=O)C21. The highest BCUT2D eigenvalue weighted by molar-refractivity contribution is 6.17. The highest BCUT2D eigenvalue weighted by atomic mass is 16.4. The first-order valence-electron chi connectivity index (χ1n) is 12.1.